The summed E-state index contributed by atoms with van der Waals surface area (Å²) >= 11 is 6.09. The zero-order chi connectivity index (χ0) is 13.8. The molecule has 2 rings (SSSR count). The highest BCUT2D eigenvalue weighted by Gasteiger charge is 2.08. The molecule has 0 saturated carbocycles. The van der Waals surface area contributed by atoms with Crippen LogP contribution in [0.25, 0.3) is 0 Å². The third-order valence-electron chi connectivity index (χ3n) is 2.69. The van der Waals surface area contributed by atoms with Crippen molar-refractivity contribution >= 4 is 11.6 Å². The molecule has 3 nitrogen and oxygen atoms in total. The first-order chi connectivity index (χ1) is 9.13. The van der Waals surface area contributed by atoms with Gasteiger partial charge in [0.2, 0.25) is 0 Å². The molecule has 0 bridgehead atoms. The van der Waals surface area contributed by atoms with Gasteiger partial charge < -0.3 is 4.74 Å². The summed E-state index contributed by atoms with van der Waals surface area (Å²) < 4.78 is 5.78. The van der Waals surface area contributed by atoms with Gasteiger partial charge in [0, 0.05) is 5.69 Å². The quantitative estimate of drug-likeness (QED) is 0.838. The van der Waals surface area contributed by atoms with Gasteiger partial charge in [-0.25, -0.2) is 0 Å². The number of aromatic nitrogens is 1. The highest BCUT2D eigenvalue weighted by molar-refractivity contribution is 6.32. The number of nitrogens with zero attached hydrogens (tertiary/aromatic N) is 2. The summed E-state index contributed by atoms with van der Waals surface area (Å²) in [5, 5.41) is 9.21. The Kier molecular flexibility index (Phi) is 4.03. The molecule has 0 aliphatic heterocycles. The largest absolute Gasteiger partial charge is 0.454 e. The number of rotatable bonds is 3. The zero-order valence-electron chi connectivity index (χ0n) is 10.8. The minimum atomic E-state index is 0.418. The number of ether oxygens (including phenoxy) is 1. The molecule has 0 N–H and O–H groups in total. The molecule has 2 aromatic rings. The molecule has 1 aromatic heterocycles. The summed E-state index contributed by atoms with van der Waals surface area (Å²) in [6, 6.07) is 10.8. The molecule has 1 aromatic carbocycles. The number of halogens is 1. The minimum Gasteiger partial charge on any atom is -0.454 e. The SMILES string of the molecule is CCc1nc(C)ccc1Oc1ccc(C#N)cc1Cl. The Morgan fingerprint density at radius 2 is 2.00 bits per heavy atom. The molecule has 0 aliphatic carbocycles. The maximum absolute atomic E-state index is 8.80. The number of nitriles is 1. The normalized spacial score (nSPS) is 10.0. The first-order valence-electron chi connectivity index (χ1n) is 5.98. The molecule has 19 heavy (non-hydrogen) atoms. The molecular formula is C15H13ClN2O. The van der Waals surface area contributed by atoms with E-state index < -0.39 is 0 Å². The van der Waals surface area contributed by atoms with E-state index >= 15 is 0 Å². The van der Waals surface area contributed by atoms with Gasteiger partial charge in [-0.15, -0.1) is 0 Å². The van der Waals surface area contributed by atoms with E-state index in [1.54, 1.807) is 18.2 Å². The highest BCUT2D eigenvalue weighted by Crippen LogP contribution is 2.31. The van der Waals surface area contributed by atoms with Crippen molar-refractivity contribution in [2.75, 3.05) is 0 Å². The van der Waals surface area contributed by atoms with Crippen LogP contribution in [0.3, 0.4) is 0 Å². The summed E-state index contributed by atoms with van der Waals surface area (Å²) in [5.41, 5.74) is 2.35. The molecule has 0 saturated heterocycles. The van der Waals surface area contributed by atoms with Crippen molar-refractivity contribution in [1.29, 1.82) is 5.26 Å². The Morgan fingerprint density at radius 3 is 2.63 bits per heavy atom. The van der Waals surface area contributed by atoms with Gasteiger partial charge in [-0.05, 0) is 43.7 Å². The van der Waals surface area contributed by atoms with Crippen LogP contribution in [0.15, 0.2) is 30.3 Å². The Labute approximate surface area is 117 Å². The van der Waals surface area contributed by atoms with Gasteiger partial charge in [0.25, 0.3) is 0 Å². The lowest BCUT2D eigenvalue weighted by molar-refractivity contribution is 0.473. The van der Waals surface area contributed by atoms with Gasteiger partial charge in [-0.2, -0.15) is 5.26 Å². The summed E-state index contributed by atoms with van der Waals surface area (Å²) in [4.78, 5) is 4.43. The number of pyridine rings is 1. The van der Waals surface area contributed by atoms with Crippen LogP contribution in [0, 0.1) is 18.3 Å². The molecule has 1 heterocycles. The molecule has 96 valence electrons. The van der Waals surface area contributed by atoms with Crippen molar-refractivity contribution in [2.45, 2.75) is 20.3 Å². The number of hydrogen-bond acceptors (Lipinski definition) is 3. The average molecular weight is 273 g/mol. The fraction of sp³-hybridized carbons (Fsp3) is 0.200. The fourth-order valence-corrected chi connectivity index (χ4v) is 1.93. The van der Waals surface area contributed by atoms with Crippen molar-refractivity contribution in [2.24, 2.45) is 0 Å². The molecule has 4 heteroatoms. The van der Waals surface area contributed by atoms with E-state index in [1.165, 1.54) is 0 Å². The van der Waals surface area contributed by atoms with Gasteiger partial charge in [-0.1, -0.05) is 18.5 Å². The van der Waals surface area contributed by atoms with E-state index in [0.717, 1.165) is 17.8 Å². The van der Waals surface area contributed by atoms with E-state index in [4.69, 9.17) is 21.6 Å². The molecule has 0 aliphatic rings. The second-order valence-electron chi connectivity index (χ2n) is 4.11. The number of aryl methyl sites for hydroxylation is 2. The molecule has 0 unspecified atom stereocenters. The van der Waals surface area contributed by atoms with Crippen LogP contribution in [0.5, 0.6) is 11.5 Å². The van der Waals surface area contributed by atoms with Gasteiger partial charge in [-0.3, -0.25) is 4.98 Å². The van der Waals surface area contributed by atoms with E-state index in [9.17, 15) is 0 Å². The van der Waals surface area contributed by atoms with Gasteiger partial charge in [0.15, 0.2) is 0 Å². The van der Waals surface area contributed by atoms with Crippen molar-refractivity contribution in [3.8, 4) is 17.6 Å². The summed E-state index contributed by atoms with van der Waals surface area (Å²) in [7, 11) is 0. The topological polar surface area (TPSA) is 45.9 Å². The maximum Gasteiger partial charge on any atom is 0.148 e. The van der Waals surface area contributed by atoms with E-state index in [1.807, 2.05) is 32.0 Å². The molecular weight excluding hydrogens is 260 g/mol. The van der Waals surface area contributed by atoms with Crippen LogP contribution in [-0.2, 0) is 6.42 Å². The number of hydrogen-bond donors (Lipinski definition) is 0. The fourth-order valence-electron chi connectivity index (χ4n) is 1.72. The molecule has 0 spiro atoms. The molecule has 0 fully saturated rings. The first kappa shape index (κ1) is 13.4. The summed E-state index contributed by atoms with van der Waals surface area (Å²) in [5.74, 6) is 1.22. The Bertz CT molecular complexity index is 647. The lowest BCUT2D eigenvalue weighted by Crippen LogP contribution is -1.96. The predicted molar refractivity (Wildman–Crippen MR) is 74.6 cm³/mol. The lowest BCUT2D eigenvalue weighted by Gasteiger charge is -2.11. The molecule has 0 radical (unpaired) electrons. The third-order valence-corrected chi connectivity index (χ3v) is 2.98. The van der Waals surface area contributed by atoms with Crippen LogP contribution in [0.2, 0.25) is 5.02 Å². The van der Waals surface area contributed by atoms with Crippen molar-refractivity contribution < 1.29 is 4.74 Å². The Balaban J connectivity index is 2.34. The van der Waals surface area contributed by atoms with Crippen molar-refractivity contribution in [1.82, 2.24) is 4.98 Å². The van der Waals surface area contributed by atoms with Crippen molar-refractivity contribution in [3.05, 3.63) is 52.3 Å². The first-order valence-corrected chi connectivity index (χ1v) is 6.36. The van der Waals surface area contributed by atoms with E-state index in [2.05, 4.69) is 4.98 Å². The Morgan fingerprint density at radius 1 is 1.26 bits per heavy atom. The molecule has 0 atom stereocenters. The minimum absolute atomic E-state index is 0.418. The number of benzene rings is 1. The smallest absolute Gasteiger partial charge is 0.148 e. The maximum atomic E-state index is 8.80. The predicted octanol–water partition coefficient (Wildman–Crippen LogP) is 4.27. The van der Waals surface area contributed by atoms with E-state index in [0.29, 0.717) is 22.1 Å². The second-order valence-corrected chi connectivity index (χ2v) is 4.52. The average Bonchev–Trinajstić information content (AvgIpc) is 2.42. The van der Waals surface area contributed by atoms with Crippen LogP contribution in [0.4, 0.5) is 0 Å². The van der Waals surface area contributed by atoms with Gasteiger partial charge in [0.1, 0.15) is 11.5 Å². The van der Waals surface area contributed by atoms with Crippen LogP contribution < -0.4 is 4.74 Å². The van der Waals surface area contributed by atoms with Crippen LogP contribution >= 0.6 is 11.6 Å². The van der Waals surface area contributed by atoms with Gasteiger partial charge in [0.05, 0.1) is 22.3 Å². The highest BCUT2D eigenvalue weighted by atomic mass is 35.5. The van der Waals surface area contributed by atoms with Gasteiger partial charge >= 0.3 is 0 Å². The summed E-state index contributed by atoms with van der Waals surface area (Å²) in [6.45, 7) is 3.96. The molecule has 0 amide bonds. The summed E-state index contributed by atoms with van der Waals surface area (Å²) in [6.07, 6.45) is 0.783. The standard InChI is InChI=1S/C15H13ClN2O/c1-3-13-15(6-4-10(2)18-13)19-14-7-5-11(9-17)8-12(14)16/h4-8H,3H2,1-2H3. The monoisotopic (exact) mass is 272 g/mol. The Hall–Kier alpha value is -2.05. The third kappa shape index (κ3) is 3.04. The van der Waals surface area contributed by atoms with Crippen LogP contribution in [0.1, 0.15) is 23.9 Å². The lowest BCUT2D eigenvalue weighted by atomic mass is 10.2. The van der Waals surface area contributed by atoms with Crippen LogP contribution in [-0.4, -0.2) is 4.98 Å². The van der Waals surface area contributed by atoms with E-state index in [-0.39, 0.29) is 0 Å². The van der Waals surface area contributed by atoms with Crippen molar-refractivity contribution in [3.63, 3.8) is 0 Å². The zero-order valence-corrected chi connectivity index (χ0v) is 11.5. The second kappa shape index (κ2) is 5.73.